The standard InChI is InChI=1S/C10H16O2.C5H10O/c1-3-6-9(4-2)10(12)7-5-8-11;1-2-3-4-5-6/h3-6,8-12H,2,7H2,1H3;2,6H,1,3-5H2. The van der Waals surface area contributed by atoms with E-state index >= 15 is 0 Å². The molecular weight excluding hydrogens is 228 g/mol. The summed E-state index contributed by atoms with van der Waals surface area (Å²) in [4.78, 5) is 0. The highest BCUT2D eigenvalue weighted by Crippen LogP contribution is 2.10. The topological polar surface area (TPSA) is 60.7 Å². The van der Waals surface area contributed by atoms with E-state index in [0.29, 0.717) is 6.42 Å². The van der Waals surface area contributed by atoms with Crippen LogP contribution in [-0.4, -0.2) is 28.0 Å². The predicted molar refractivity (Wildman–Crippen MR) is 77.4 cm³/mol. The molecule has 0 aliphatic rings. The lowest BCUT2D eigenvalue weighted by Crippen LogP contribution is -2.15. The van der Waals surface area contributed by atoms with Crippen LogP contribution in [0.25, 0.3) is 0 Å². The summed E-state index contributed by atoms with van der Waals surface area (Å²) in [6.45, 7) is 9.28. The average molecular weight is 254 g/mol. The van der Waals surface area contributed by atoms with E-state index in [1.54, 1.807) is 12.2 Å². The molecule has 0 amide bonds. The van der Waals surface area contributed by atoms with E-state index < -0.39 is 6.10 Å². The molecule has 3 nitrogen and oxygen atoms in total. The number of hydrogen-bond donors (Lipinski definition) is 3. The monoisotopic (exact) mass is 254 g/mol. The fraction of sp³-hybridized carbons (Fsp3) is 0.467. The number of hydrogen-bond acceptors (Lipinski definition) is 3. The van der Waals surface area contributed by atoms with Crippen LogP contribution in [0.3, 0.4) is 0 Å². The molecule has 2 atom stereocenters. The molecule has 18 heavy (non-hydrogen) atoms. The van der Waals surface area contributed by atoms with Crippen molar-refractivity contribution in [2.45, 2.75) is 32.3 Å². The maximum Gasteiger partial charge on any atom is 0.0752 e. The minimum absolute atomic E-state index is 0.0359. The average Bonchev–Trinajstić information content (AvgIpc) is 2.40. The van der Waals surface area contributed by atoms with Gasteiger partial charge in [-0.1, -0.05) is 24.3 Å². The number of aliphatic hydroxyl groups excluding tert-OH is 3. The molecule has 0 fully saturated rings. The van der Waals surface area contributed by atoms with Crippen LogP contribution in [0, 0.1) is 5.92 Å². The van der Waals surface area contributed by atoms with Crippen LogP contribution < -0.4 is 0 Å². The van der Waals surface area contributed by atoms with Crippen molar-refractivity contribution in [1.82, 2.24) is 0 Å². The van der Waals surface area contributed by atoms with E-state index in [2.05, 4.69) is 13.2 Å². The number of unbranched alkanes of at least 4 members (excludes halogenated alkanes) is 1. The third-order valence-electron chi connectivity index (χ3n) is 2.18. The lowest BCUT2D eigenvalue weighted by molar-refractivity contribution is 0.151. The Labute approximate surface area is 110 Å². The van der Waals surface area contributed by atoms with Crippen molar-refractivity contribution in [3.8, 4) is 0 Å². The summed E-state index contributed by atoms with van der Waals surface area (Å²) in [7, 11) is 0. The maximum atomic E-state index is 9.49. The molecule has 0 saturated carbocycles. The van der Waals surface area contributed by atoms with E-state index in [-0.39, 0.29) is 12.5 Å². The Morgan fingerprint density at radius 3 is 2.28 bits per heavy atom. The molecule has 104 valence electrons. The summed E-state index contributed by atoms with van der Waals surface area (Å²) >= 11 is 0. The highest BCUT2D eigenvalue weighted by molar-refractivity contribution is 5.00. The van der Waals surface area contributed by atoms with Crippen molar-refractivity contribution in [1.29, 1.82) is 0 Å². The number of aliphatic hydroxyl groups is 3. The molecule has 2 unspecified atom stereocenters. The fourth-order valence-corrected chi connectivity index (χ4v) is 1.18. The SMILES string of the molecule is C=CC(C=CC)C(O)CC=CO.C=CCCCO. The molecule has 3 heteroatoms. The van der Waals surface area contributed by atoms with E-state index in [9.17, 15) is 5.11 Å². The number of rotatable bonds is 8. The van der Waals surface area contributed by atoms with Gasteiger partial charge in [-0.2, -0.15) is 0 Å². The van der Waals surface area contributed by atoms with Crippen molar-refractivity contribution >= 4 is 0 Å². The second-order valence-corrected chi connectivity index (χ2v) is 3.68. The van der Waals surface area contributed by atoms with Gasteiger partial charge in [-0.15, -0.1) is 13.2 Å². The van der Waals surface area contributed by atoms with Crippen LogP contribution in [-0.2, 0) is 0 Å². The molecule has 0 bridgehead atoms. The van der Waals surface area contributed by atoms with Crippen LogP contribution in [0.5, 0.6) is 0 Å². The Morgan fingerprint density at radius 1 is 1.28 bits per heavy atom. The Bertz CT molecular complexity index is 244. The van der Waals surface area contributed by atoms with Crippen molar-refractivity contribution < 1.29 is 15.3 Å². The second-order valence-electron chi connectivity index (χ2n) is 3.68. The molecule has 0 aliphatic heterocycles. The van der Waals surface area contributed by atoms with Crippen LogP contribution in [0.4, 0.5) is 0 Å². The van der Waals surface area contributed by atoms with Crippen LogP contribution in [0.1, 0.15) is 26.2 Å². The van der Waals surface area contributed by atoms with Gasteiger partial charge < -0.3 is 15.3 Å². The van der Waals surface area contributed by atoms with E-state index in [4.69, 9.17) is 10.2 Å². The van der Waals surface area contributed by atoms with Gasteiger partial charge in [0.1, 0.15) is 0 Å². The minimum Gasteiger partial charge on any atom is -0.516 e. The molecule has 0 spiro atoms. The van der Waals surface area contributed by atoms with E-state index in [1.807, 2.05) is 19.1 Å². The predicted octanol–water partition coefficient (Wildman–Crippen LogP) is 3.13. The van der Waals surface area contributed by atoms with Crippen molar-refractivity contribution in [3.05, 3.63) is 49.8 Å². The molecule has 0 aromatic carbocycles. The summed E-state index contributed by atoms with van der Waals surface area (Å²) in [5.74, 6) is -0.0359. The summed E-state index contributed by atoms with van der Waals surface area (Å²) in [6.07, 6.45) is 11.4. The first-order chi connectivity index (χ1) is 8.67. The summed E-state index contributed by atoms with van der Waals surface area (Å²) < 4.78 is 0. The first-order valence-corrected chi connectivity index (χ1v) is 6.12. The van der Waals surface area contributed by atoms with Gasteiger partial charge in [0.25, 0.3) is 0 Å². The Balaban J connectivity index is 0. The van der Waals surface area contributed by atoms with Gasteiger partial charge in [-0.3, -0.25) is 0 Å². The van der Waals surface area contributed by atoms with E-state index in [0.717, 1.165) is 19.1 Å². The van der Waals surface area contributed by atoms with Crippen LogP contribution in [0.15, 0.2) is 49.8 Å². The van der Waals surface area contributed by atoms with Gasteiger partial charge in [-0.05, 0) is 32.3 Å². The van der Waals surface area contributed by atoms with Gasteiger partial charge in [0.2, 0.25) is 0 Å². The second kappa shape index (κ2) is 15.7. The Hall–Kier alpha value is -1.32. The highest BCUT2D eigenvalue weighted by Gasteiger charge is 2.10. The largest absolute Gasteiger partial charge is 0.516 e. The quantitative estimate of drug-likeness (QED) is 0.354. The number of allylic oxidation sites excluding steroid dienone is 2. The van der Waals surface area contributed by atoms with Crippen LogP contribution in [0.2, 0.25) is 0 Å². The zero-order valence-corrected chi connectivity index (χ0v) is 11.2. The van der Waals surface area contributed by atoms with Crippen LogP contribution >= 0.6 is 0 Å². The molecule has 0 aromatic heterocycles. The summed E-state index contributed by atoms with van der Waals surface area (Å²) in [6, 6.07) is 0. The molecule has 0 heterocycles. The van der Waals surface area contributed by atoms with Crippen molar-refractivity contribution in [3.63, 3.8) is 0 Å². The van der Waals surface area contributed by atoms with E-state index in [1.165, 1.54) is 6.08 Å². The molecule has 0 aromatic rings. The van der Waals surface area contributed by atoms with Crippen molar-refractivity contribution in [2.75, 3.05) is 6.61 Å². The fourth-order valence-electron chi connectivity index (χ4n) is 1.18. The summed E-state index contributed by atoms with van der Waals surface area (Å²) in [5, 5.41) is 26.0. The zero-order chi connectivity index (χ0) is 14.2. The zero-order valence-electron chi connectivity index (χ0n) is 11.2. The first-order valence-electron chi connectivity index (χ1n) is 6.12. The molecule has 0 aliphatic carbocycles. The van der Waals surface area contributed by atoms with Crippen molar-refractivity contribution in [2.24, 2.45) is 5.92 Å². The minimum atomic E-state index is -0.498. The molecule has 0 radical (unpaired) electrons. The van der Waals surface area contributed by atoms with Gasteiger partial charge in [-0.25, -0.2) is 0 Å². The normalized spacial score (nSPS) is 13.9. The van der Waals surface area contributed by atoms with Gasteiger partial charge in [0.15, 0.2) is 0 Å². The molecule has 0 saturated heterocycles. The third-order valence-corrected chi connectivity index (χ3v) is 2.18. The lowest BCUT2D eigenvalue weighted by Gasteiger charge is -2.13. The summed E-state index contributed by atoms with van der Waals surface area (Å²) in [5.41, 5.74) is 0. The van der Waals surface area contributed by atoms with Gasteiger partial charge in [0, 0.05) is 12.5 Å². The molecular formula is C15H26O3. The van der Waals surface area contributed by atoms with Gasteiger partial charge >= 0.3 is 0 Å². The molecule has 3 N–H and O–H groups in total. The smallest absolute Gasteiger partial charge is 0.0752 e. The Kier molecular flexibility index (Phi) is 16.6. The lowest BCUT2D eigenvalue weighted by atomic mass is 9.99. The highest BCUT2D eigenvalue weighted by atomic mass is 16.3. The Morgan fingerprint density at radius 2 is 1.94 bits per heavy atom. The van der Waals surface area contributed by atoms with Gasteiger partial charge in [0.05, 0.1) is 12.4 Å². The third kappa shape index (κ3) is 12.7. The maximum absolute atomic E-state index is 9.49. The first kappa shape index (κ1) is 19.0. The molecule has 0 rings (SSSR count).